The molecule has 34 heavy (non-hydrogen) atoms. The Kier molecular flexibility index (Phi) is 6.61. The van der Waals surface area contributed by atoms with Crippen molar-refractivity contribution in [3.8, 4) is 5.75 Å². The number of carbonyl (C=O) groups is 1. The van der Waals surface area contributed by atoms with E-state index in [4.69, 9.17) is 30.7 Å². The number of carboxylic acids is 1. The van der Waals surface area contributed by atoms with Gasteiger partial charge in [0.05, 0.1) is 30.0 Å². The summed E-state index contributed by atoms with van der Waals surface area (Å²) in [5.41, 5.74) is 2.87. The van der Waals surface area contributed by atoms with Gasteiger partial charge in [-0.3, -0.25) is 9.69 Å². The first-order chi connectivity index (χ1) is 16.5. The Morgan fingerprint density at radius 1 is 1.26 bits per heavy atom. The monoisotopic (exact) mass is 484 g/mol. The van der Waals surface area contributed by atoms with Crippen LogP contribution in [0.2, 0.25) is 5.02 Å². The summed E-state index contributed by atoms with van der Waals surface area (Å²) < 4.78 is 11.4. The van der Waals surface area contributed by atoms with Gasteiger partial charge in [-0.15, -0.1) is 0 Å². The number of piperidine rings is 1. The SMILES string of the molecule is COc1ccc(CNc2nc(CN3CCC(C(=O)O)CC3)nc3oc4c(c23)CCCC4)cc1Cl. The molecular weight excluding hydrogens is 456 g/mol. The number of ether oxygens (including phenoxy) is 1. The Balaban J connectivity index is 1.41. The number of furan rings is 1. The highest BCUT2D eigenvalue weighted by Crippen LogP contribution is 2.35. The number of rotatable bonds is 7. The van der Waals surface area contributed by atoms with E-state index in [0.717, 1.165) is 61.3 Å². The number of benzene rings is 1. The minimum Gasteiger partial charge on any atom is -0.495 e. The Morgan fingerprint density at radius 2 is 2.06 bits per heavy atom. The van der Waals surface area contributed by atoms with Crippen molar-refractivity contribution in [2.24, 2.45) is 5.92 Å². The number of nitrogens with zero attached hydrogens (tertiary/aromatic N) is 3. The highest BCUT2D eigenvalue weighted by molar-refractivity contribution is 6.32. The van der Waals surface area contributed by atoms with Gasteiger partial charge in [0.2, 0.25) is 5.71 Å². The third-order valence-corrected chi connectivity index (χ3v) is 7.13. The smallest absolute Gasteiger partial charge is 0.306 e. The Hall–Kier alpha value is -2.84. The summed E-state index contributed by atoms with van der Waals surface area (Å²) >= 11 is 6.31. The molecule has 0 bridgehead atoms. The summed E-state index contributed by atoms with van der Waals surface area (Å²) in [4.78, 5) is 23.2. The van der Waals surface area contributed by atoms with Crippen LogP contribution in [0.4, 0.5) is 5.82 Å². The molecule has 1 fully saturated rings. The second-order valence-corrected chi connectivity index (χ2v) is 9.50. The molecule has 5 rings (SSSR count). The van der Waals surface area contributed by atoms with E-state index >= 15 is 0 Å². The predicted molar refractivity (Wildman–Crippen MR) is 129 cm³/mol. The molecule has 0 unspecified atom stereocenters. The lowest BCUT2D eigenvalue weighted by atomic mass is 9.96. The van der Waals surface area contributed by atoms with Gasteiger partial charge in [-0.05, 0) is 62.9 Å². The lowest BCUT2D eigenvalue weighted by Gasteiger charge is -2.29. The molecule has 1 aliphatic heterocycles. The molecule has 8 nitrogen and oxygen atoms in total. The predicted octanol–water partition coefficient (Wildman–Crippen LogP) is 4.67. The number of aryl methyl sites for hydroxylation is 2. The van der Waals surface area contributed by atoms with Gasteiger partial charge in [-0.25, -0.2) is 4.98 Å². The van der Waals surface area contributed by atoms with Gasteiger partial charge in [0, 0.05) is 18.5 Å². The van der Waals surface area contributed by atoms with Crippen molar-refractivity contribution >= 4 is 34.5 Å². The highest BCUT2D eigenvalue weighted by Gasteiger charge is 2.27. The van der Waals surface area contributed by atoms with Crippen LogP contribution in [0.1, 0.15) is 48.4 Å². The summed E-state index contributed by atoms with van der Waals surface area (Å²) in [5, 5.41) is 14.3. The van der Waals surface area contributed by atoms with Gasteiger partial charge in [0.1, 0.15) is 23.2 Å². The molecule has 3 heterocycles. The molecule has 2 aliphatic rings. The zero-order valence-corrected chi connectivity index (χ0v) is 20.0. The number of aliphatic carboxylic acids is 1. The number of carboxylic acid groups (broad SMARTS) is 1. The molecule has 0 spiro atoms. The van der Waals surface area contributed by atoms with Gasteiger partial charge < -0.3 is 19.6 Å². The van der Waals surface area contributed by atoms with Crippen LogP contribution in [0.5, 0.6) is 5.75 Å². The number of halogens is 1. The third-order valence-electron chi connectivity index (χ3n) is 6.84. The molecule has 180 valence electrons. The second kappa shape index (κ2) is 9.80. The van der Waals surface area contributed by atoms with Gasteiger partial charge in [-0.1, -0.05) is 17.7 Å². The molecule has 0 amide bonds. The zero-order chi connectivity index (χ0) is 23.7. The maximum absolute atomic E-state index is 11.3. The molecule has 3 aromatic rings. The topological polar surface area (TPSA) is 101 Å². The fourth-order valence-corrected chi connectivity index (χ4v) is 5.22. The minimum absolute atomic E-state index is 0.259. The largest absolute Gasteiger partial charge is 0.495 e. The van der Waals surface area contributed by atoms with E-state index in [1.807, 2.05) is 18.2 Å². The van der Waals surface area contributed by atoms with Crippen molar-refractivity contribution in [3.63, 3.8) is 0 Å². The maximum atomic E-state index is 11.3. The Bertz CT molecular complexity index is 1200. The van der Waals surface area contributed by atoms with Gasteiger partial charge >= 0.3 is 5.97 Å². The first kappa shape index (κ1) is 22.9. The normalized spacial score (nSPS) is 17.0. The molecule has 2 aromatic heterocycles. The van der Waals surface area contributed by atoms with Gasteiger partial charge in [0.25, 0.3) is 0 Å². The summed E-state index contributed by atoms with van der Waals surface area (Å²) in [5.74, 6) is 2.16. The summed E-state index contributed by atoms with van der Waals surface area (Å²) in [6.45, 7) is 2.57. The average molecular weight is 485 g/mol. The molecule has 1 aromatic carbocycles. The van der Waals surface area contributed by atoms with Crippen LogP contribution in [0.25, 0.3) is 11.1 Å². The van der Waals surface area contributed by atoms with E-state index in [2.05, 4.69) is 10.2 Å². The van der Waals surface area contributed by atoms with Crippen molar-refractivity contribution < 1.29 is 19.1 Å². The van der Waals surface area contributed by atoms with E-state index in [-0.39, 0.29) is 5.92 Å². The summed E-state index contributed by atoms with van der Waals surface area (Å²) in [6, 6.07) is 5.74. The number of hydrogen-bond acceptors (Lipinski definition) is 7. The van der Waals surface area contributed by atoms with Crippen molar-refractivity contribution in [3.05, 3.63) is 45.9 Å². The number of anilines is 1. The van der Waals surface area contributed by atoms with E-state index in [0.29, 0.717) is 48.2 Å². The van der Waals surface area contributed by atoms with Crippen molar-refractivity contribution in [1.82, 2.24) is 14.9 Å². The number of fused-ring (bicyclic) bond motifs is 3. The van der Waals surface area contributed by atoms with E-state index in [1.54, 1.807) is 7.11 Å². The first-order valence-corrected chi connectivity index (χ1v) is 12.2. The highest BCUT2D eigenvalue weighted by atomic mass is 35.5. The molecule has 0 radical (unpaired) electrons. The number of methoxy groups -OCH3 is 1. The standard InChI is InChI=1S/C25H29ClN4O4/c1-33-20-7-6-15(12-18(20)26)13-27-23-22-17-4-2-3-5-19(17)34-24(22)29-21(28-23)14-30-10-8-16(9-11-30)25(31)32/h6-7,12,16H,2-5,8-11,13-14H2,1H3,(H,31,32)(H,27,28,29). The van der Waals surface area contributed by atoms with Crippen LogP contribution in [0.3, 0.4) is 0 Å². The minimum atomic E-state index is -0.705. The third kappa shape index (κ3) is 4.70. The molecule has 0 saturated carbocycles. The van der Waals surface area contributed by atoms with Crippen LogP contribution in [0.15, 0.2) is 22.6 Å². The van der Waals surface area contributed by atoms with Gasteiger partial charge in [-0.2, -0.15) is 4.98 Å². The van der Waals surface area contributed by atoms with Crippen molar-refractivity contribution in [2.45, 2.75) is 51.6 Å². The quantitative estimate of drug-likeness (QED) is 0.499. The maximum Gasteiger partial charge on any atom is 0.306 e. The lowest BCUT2D eigenvalue weighted by molar-refractivity contribution is -0.143. The van der Waals surface area contributed by atoms with Crippen LogP contribution >= 0.6 is 11.6 Å². The Labute approximate surface area is 203 Å². The van der Waals surface area contributed by atoms with Gasteiger partial charge in [0.15, 0.2) is 0 Å². The number of likely N-dealkylation sites (tertiary alicyclic amines) is 1. The van der Waals surface area contributed by atoms with Crippen LogP contribution in [-0.4, -0.2) is 46.1 Å². The number of nitrogens with one attached hydrogen (secondary N) is 1. The first-order valence-electron chi connectivity index (χ1n) is 11.8. The molecule has 1 aliphatic carbocycles. The zero-order valence-electron chi connectivity index (χ0n) is 19.3. The Morgan fingerprint density at radius 3 is 2.79 bits per heavy atom. The second-order valence-electron chi connectivity index (χ2n) is 9.09. The van der Waals surface area contributed by atoms with Crippen LogP contribution in [0, 0.1) is 5.92 Å². The fraction of sp³-hybridized carbons (Fsp3) is 0.480. The lowest BCUT2D eigenvalue weighted by Crippen LogP contribution is -2.36. The van der Waals surface area contributed by atoms with Crippen LogP contribution in [-0.2, 0) is 30.7 Å². The van der Waals surface area contributed by atoms with E-state index in [9.17, 15) is 9.90 Å². The fourth-order valence-electron chi connectivity index (χ4n) is 4.94. The number of hydrogen-bond donors (Lipinski definition) is 2. The van der Waals surface area contributed by atoms with E-state index in [1.165, 1.54) is 5.56 Å². The van der Waals surface area contributed by atoms with Crippen LogP contribution < -0.4 is 10.1 Å². The molecule has 1 saturated heterocycles. The summed E-state index contributed by atoms with van der Waals surface area (Å²) in [6.07, 6.45) is 5.45. The molecule has 2 N–H and O–H groups in total. The number of aromatic nitrogens is 2. The summed E-state index contributed by atoms with van der Waals surface area (Å²) in [7, 11) is 1.60. The average Bonchev–Trinajstić information content (AvgIpc) is 3.21. The van der Waals surface area contributed by atoms with Crippen molar-refractivity contribution in [2.75, 3.05) is 25.5 Å². The molecule has 0 atom stereocenters. The van der Waals surface area contributed by atoms with E-state index < -0.39 is 5.97 Å². The molecule has 9 heteroatoms. The molecular formula is C25H29ClN4O4. The van der Waals surface area contributed by atoms with Crippen molar-refractivity contribution in [1.29, 1.82) is 0 Å².